The Bertz CT molecular complexity index is 510. The fourth-order valence-corrected chi connectivity index (χ4v) is 1.57. The van der Waals surface area contributed by atoms with E-state index in [-0.39, 0.29) is 11.5 Å². The molecule has 1 amide bonds. The molecule has 5 nitrogen and oxygen atoms in total. The molecular weight excluding hydrogens is 231 g/mol. The number of aromatic nitrogens is 2. The molecule has 0 aliphatic heterocycles. The summed E-state index contributed by atoms with van der Waals surface area (Å²) in [5.41, 5.74) is 5.61. The summed E-state index contributed by atoms with van der Waals surface area (Å²) in [6.07, 6.45) is 1.02. The van der Waals surface area contributed by atoms with Crippen LogP contribution in [-0.2, 0) is 0 Å². The van der Waals surface area contributed by atoms with Crippen LogP contribution in [0.4, 0.5) is 15.3 Å². The summed E-state index contributed by atoms with van der Waals surface area (Å²) in [5, 5.41) is 4.32. The zero-order valence-electron chi connectivity index (χ0n) is 7.98. The van der Waals surface area contributed by atoms with Gasteiger partial charge in [0.15, 0.2) is 5.13 Å². The van der Waals surface area contributed by atoms with E-state index in [1.807, 2.05) is 0 Å². The van der Waals surface area contributed by atoms with Gasteiger partial charge in [0.2, 0.25) is 0 Å². The third-order valence-electron chi connectivity index (χ3n) is 1.72. The predicted octanol–water partition coefficient (Wildman–Crippen LogP) is 1.51. The number of nitrogens with two attached hydrogens (primary N) is 1. The first-order valence-corrected chi connectivity index (χ1v) is 5.17. The third kappa shape index (κ3) is 2.31. The molecule has 16 heavy (non-hydrogen) atoms. The van der Waals surface area contributed by atoms with Gasteiger partial charge in [-0.1, -0.05) is 0 Å². The van der Waals surface area contributed by atoms with Crippen molar-refractivity contribution in [2.24, 2.45) is 0 Å². The molecule has 0 spiro atoms. The average molecular weight is 238 g/mol. The molecule has 0 aromatic carbocycles. The molecule has 2 aromatic heterocycles. The van der Waals surface area contributed by atoms with Crippen LogP contribution in [0.1, 0.15) is 10.5 Å². The predicted molar refractivity (Wildman–Crippen MR) is 58.7 cm³/mol. The fourth-order valence-electron chi connectivity index (χ4n) is 1.02. The summed E-state index contributed by atoms with van der Waals surface area (Å²) in [5.74, 6) is -0.624. The average Bonchev–Trinajstić information content (AvgIpc) is 2.68. The molecule has 0 atom stereocenters. The van der Waals surface area contributed by atoms with Crippen LogP contribution in [0.3, 0.4) is 0 Å². The van der Waals surface area contributed by atoms with Gasteiger partial charge < -0.3 is 11.1 Å². The second-order valence-corrected chi connectivity index (χ2v) is 3.78. The summed E-state index contributed by atoms with van der Waals surface area (Å²) in [6.45, 7) is 0. The highest BCUT2D eigenvalue weighted by Gasteiger charge is 2.10. The number of amides is 1. The molecule has 2 aromatic rings. The van der Waals surface area contributed by atoms with Crippen molar-refractivity contribution in [2.45, 2.75) is 0 Å². The highest BCUT2D eigenvalue weighted by molar-refractivity contribution is 7.13. The van der Waals surface area contributed by atoms with Crippen LogP contribution < -0.4 is 11.1 Å². The van der Waals surface area contributed by atoms with E-state index in [0.29, 0.717) is 5.13 Å². The molecule has 0 aliphatic carbocycles. The fraction of sp³-hybridized carbons (Fsp3) is 0. The lowest BCUT2D eigenvalue weighted by molar-refractivity contribution is 0.102. The quantitative estimate of drug-likeness (QED) is 0.831. The number of nitrogens with zero attached hydrogens (tertiary/aromatic N) is 2. The number of nitrogen functional groups attached to an aromatic ring is 1. The topological polar surface area (TPSA) is 80.9 Å². The lowest BCUT2D eigenvalue weighted by atomic mass is 10.4. The molecule has 82 valence electrons. The number of anilines is 2. The van der Waals surface area contributed by atoms with E-state index < -0.39 is 11.7 Å². The van der Waals surface area contributed by atoms with Gasteiger partial charge in [-0.05, 0) is 12.1 Å². The Morgan fingerprint density at radius 3 is 2.88 bits per heavy atom. The number of hydrogen-bond donors (Lipinski definition) is 2. The van der Waals surface area contributed by atoms with Crippen LogP contribution >= 0.6 is 11.3 Å². The summed E-state index contributed by atoms with van der Waals surface area (Å²) >= 11 is 1.17. The lowest BCUT2D eigenvalue weighted by Gasteiger charge is -2.00. The normalized spacial score (nSPS) is 10.1. The Morgan fingerprint density at radius 2 is 2.31 bits per heavy atom. The minimum Gasteiger partial charge on any atom is -0.375 e. The first kappa shape index (κ1) is 10.5. The van der Waals surface area contributed by atoms with Crippen molar-refractivity contribution < 1.29 is 9.18 Å². The van der Waals surface area contributed by atoms with E-state index in [2.05, 4.69) is 15.3 Å². The number of hydrogen-bond acceptors (Lipinski definition) is 5. The largest absolute Gasteiger partial charge is 0.375 e. The van der Waals surface area contributed by atoms with Crippen molar-refractivity contribution in [3.05, 3.63) is 35.2 Å². The van der Waals surface area contributed by atoms with Crippen LogP contribution in [0.15, 0.2) is 23.7 Å². The van der Waals surface area contributed by atoms with E-state index in [1.165, 1.54) is 28.8 Å². The zero-order chi connectivity index (χ0) is 11.5. The van der Waals surface area contributed by atoms with Gasteiger partial charge in [-0.15, -0.1) is 11.3 Å². The van der Waals surface area contributed by atoms with Gasteiger partial charge in [0, 0.05) is 5.38 Å². The van der Waals surface area contributed by atoms with E-state index >= 15 is 0 Å². The zero-order valence-corrected chi connectivity index (χ0v) is 8.79. The van der Waals surface area contributed by atoms with Crippen LogP contribution in [0.25, 0.3) is 0 Å². The van der Waals surface area contributed by atoms with Gasteiger partial charge in [-0.25, -0.2) is 14.4 Å². The molecule has 0 saturated heterocycles. The van der Waals surface area contributed by atoms with Crippen LogP contribution in [0.2, 0.25) is 0 Å². The van der Waals surface area contributed by atoms with Crippen molar-refractivity contribution in [2.75, 3.05) is 11.1 Å². The molecule has 0 bridgehead atoms. The van der Waals surface area contributed by atoms with Gasteiger partial charge in [0.05, 0.1) is 6.20 Å². The van der Waals surface area contributed by atoms with Gasteiger partial charge >= 0.3 is 0 Å². The molecule has 0 radical (unpaired) electrons. The number of pyridine rings is 1. The Hall–Kier alpha value is -2.02. The Kier molecular flexibility index (Phi) is 2.78. The Morgan fingerprint density at radius 1 is 1.50 bits per heavy atom. The lowest BCUT2D eigenvalue weighted by Crippen LogP contribution is -2.13. The second kappa shape index (κ2) is 4.23. The maximum atomic E-state index is 12.5. The Balaban J connectivity index is 2.10. The molecule has 2 rings (SSSR count). The van der Waals surface area contributed by atoms with Gasteiger partial charge in [0.1, 0.15) is 17.3 Å². The van der Waals surface area contributed by atoms with Crippen LogP contribution in [-0.4, -0.2) is 15.9 Å². The molecule has 2 heterocycles. The number of carbonyl (C=O) groups is 1. The molecule has 0 saturated carbocycles. The minimum atomic E-state index is -0.462. The van der Waals surface area contributed by atoms with Gasteiger partial charge in [-0.2, -0.15) is 0 Å². The summed E-state index contributed by atoms with van der Waals surface area (Å²) < 4.78 is 12.5. The van der Waals surface area contributed by atoms with E-state index in [9.17, 15) is 9.18 Å². The Labute approximate surface area is 94.1 Å². The first-order chi connectivity index (χ1) is 7.65. The maximum Gasteiger partial charge on any atom is 0.276 e. The van der Waals surface area contributed by atoms with Crippen LogP contribution in [0, 0.1) is 5.82 Å². The van der Waals surface area contributed by atoms with Crippen molar-refractivity contribution >= 4 is 28.2 Å². The highest BCUT2D eigenvalue weighted by atomic mass is 32.1. The number of carbonyl (C=O) groups excluding carboxylic acids is 1. The van der Waals surface area contributed by atoms with E-state index in [4.69, 9.17) is 5.73 Å². The standard InChI is InChI=1S/C9H7FN4OS/c10-5-1-2-7(12-3-5)14-8(15)6-4-16-9(11)13-6/h1-4H,(H2,11,13)(H,12,14,15). The van der Waals surface area contributed by atoms with Crippen molar-refractivity contribution in [1.29, 1.82) is 0 Å². The van der Waals surface area contributed by atoms with Crippen molar-refractivity contribution in [3.63, 3.8) is 0 Å². The third-order valence-corrected chi connectivity index (χ3v) is 2.40. The summed E-state index contributed by atoms with van der Waals surface area (Å²) in [7, 11) is 0. The molecule has 0 fully saturated rings. The van der Waals surface area contributed by atoms with Gasteiger partial charge in [0.25, 0.3) is 5.91 Å². The first-order valence-electron chi connectivity index (χ1n) is 4.29. The smallest absolute Gasteiger partial charge is 0.276 e. The number of nitrogens with one attached hydrogen (secondary N) is 1. The molecule has 0 aliphatic rings. The maximum absolute atomic E-state index is 12.5. The number of thiazole rings is 1. The summed E-state index contributed by atoms with van der Waals surface area (Å²) in [6, 6.07) is 2.57. The van der Waals surface area contributed by atoms with Crippen molar-refractivity contribution in [1.82, 2.24) is 9.97 Å². The van der Waals surface area contributed by atoms with Crippen molar-refractivity contribution in [3.8, 4) is 0 Å². The molecular formula is C9H7FN4OS. The highest BCUT2D eigenvalue weighted by Crippen LogP contribution is 2.12. The monoisotopic (exact) mass is 238 g/mol. The molecule has 7 heteroatoms. The van der Waals surface area contributed by atoms with Gasteiger partial charge in [-0.3, -0.25) is 4.79 Å². The van der Waals surface area contributed by atoms with E-state index in [0.717, 1.165) is 6.20 Å². The summed E-state index contributed by atoms with van der Waals surface area (Å²) in [4.78, 5) is 19.1. The molecule has 0 unspecified atom stereocenters. The van der Waals surface area contributed by atoms with E-state index in [1.54, 1.807) is 0 Å². The minimum absolute atomic E-state index is 0.216. The van der Waals surface area contributed by atoms with Crippen LogP contribution in [0.5, 0.6) is 0 Å². The SMILES string of the molecule is Nc1nc(C(=O)Nc2ccc(F)cn2)cs1. The second-order valence-electron chi connectivity index (χ2n) is 2.89. The molecule has 3 N–H and O–H groups in total. The number of rotatable bonds is 2. The number of halogens is 1.